The maximum Gasteiger partial charge on any atom is 0.162 e. The van der Waals surface area contributed by atoms with Gasteiger partial charge in [0.05, 0.1) is 12.7 Å². The first kappa shape index (κ1) is 13.6. The normalized spacial score (nSPS) is 21.3. The summed E-state index contributed by atoms with van der Waals surface area (Å²) in [6.07, 6.45) is 3.43. The van der Waals surface area contributed by atoms with Gasteiger partial charge in [-0.1, -0.05) is 60.7 Å². The van der Waals surface area contributed by atoms with E-state index in [1.807, 2.05) is 43.3 Å². The average molecular weight is 278 g/mol. The average Bonchev–Trinajstić information content (AvgIpc) is 2.49. The number of hydrogen-bond acceptors (Lipinski definition) is 2. The van der Waals surface area contributed by atoms with Crippen molar-refractivity contribution in [3.8, 4) is 0 Å². The van der Waals surface area contributed by atoms with Crippen LogP contribution in [0.15, 0.2) is 73.0 Å². The number of carbonyl (C=O) groups is 1. The van der Waals surface area contributed by atoms with Crippen LogP contribution in [0, 0.1) is 0 Å². The molecule has 2 aromatic rings. The van der Waals surface area contributed by atoms with Crippen molar-refractivity contribution >= 4 is 5.78 Å². The molecule has 106 valence electrons. The van der Waals surface area contributed by atoms with Crippen molar-refractivity contribution in [2.24, 2.45) is 0 Å². The van der Waals surface area contributed by atoms with Crippen molar-refractivity contribution < 1.29 is 9.53 Å². The topological polar surface area (TPSA) is 26.3 Å². The highest BCUT2D eigenvalue weighted by Crippen LogP contribution is 2.41. The molecule has 2 nitrogen and oxygen atoms in total. The Balaban J connectivity index is 2.09. The van der Waals surface area contributed by atoms with E-state index in [9.17, 15) is 4.79 Å². The van der Waals surface area contributed by atoms with Crippen molar-refractivity contribution in [1.29, 1.82) is 0 Å². The van der Waals surface area contributed by atoms with Gasteiger partial charge in [-0.2, -0.15) is 0 Å². The molecule has 1 aliphatic heterocycles. The maximum absolute atomic E-state index is 11.9. The van der Waals surface area contributed by atoms with Crippen LogP contribution in [0.4, 0.5) is 0 Å². The molecule has 0 radical (unpaired) electrons. The molecule has 1 aliphatic rings. The number of carbonyl (C=O) groups excluding carboxylic acids is 1. The highest BCUT2D eigenvalue weighted by atomic mass is 16.5. The van der Waals surface area contributed by atoms with Gasteiger partial charge in [0.2, 0.25) is 0 Å². The number of ketones is 1. The molecular formula is C19H18O2. The zero-order valence-electron chi connectivity index (χ0n) is 12.0. The van der Waals surface area contributed by atoms with Crippen molar-refractivity contribution in [2.75, 3.05) is 0 Å². The zero-order valence-corrected chi connectivity index (χ0v) is 12.0. The van der Waals surface area contributed by atoms with Crippen LogP contribution >= 0.6 is 0 Å². The second-order valence-electron chi connectivity index (χ2n) is 5.63. The van der Waals surface area contributed by atoms with Crippen LogP contribution in [0.1, 0.15) is 30.4 Å². The molecule has 0 aliphatic carbocycles. The molecule has 2 heteroatoms. The van der Waals surface area contributed by atoms with E-state index in [0.717, 1.165) is 11.1 Å². The van der Waals surface area contributed by atoms with Crippen LogP contribution in [0.25, 0.3) is 0 Å². The Kier molecular flexibility index (Phi) is 3.61. The van der Waals surface area contributed by atoms with E-state index in [-0.39, 0.29) is 11.7 Å². The summed E-state index contributed by atoms with van der Waals surface area (Å²) < 4.78 is 5.91. The zero-order chi connectivity index (χ0) is 14.7. The van der Waals surface area contributed by atoms with Crippen molar-refractivity contribution in [2.45, 2.75) is 24.9 Å². The van der Waals surface area contributed by atoms with Gasteiger partial charge in [0.1, 0.15) is 5.60 Å². The fourth-order valence-electron chi connectivity index (χ4n) is 3.07. The molecule has 0 fully saturated rings. The van der Waals surface area contributed by atoms with Gasteiger partial charge in [0.15, 0.2) is 5.78 Å². The first-order chi connectivity index (χ1) is 10.2. The van der Waals surface area contributed by atoms with Crippen LogP contribution in [-0.4, -0.2) is 11.4 Å². The number of rotatable bonds is 3. The maximum atomic E-state index is 11.9. The standard InChI is InChI=1S/C19H18O2/c1-19(14-17(20)12-13-21-19)18(15-8-4-2-5-9-15)16-10-6-3-7-11-16/h2-13,18H,14H2,1H3. The van der Waals surface area contributed by atoms with E-state index in [2.05, 4.69) is 24.3 Å². The third-order valence-electron chi connectivity index (χ3n) is 3.99. The van der Waals surface area contributed by atoms with Crippen molar-refractivity contribution in [1.82, 2.24) is 0 Å². The fraction of sp³-hybridized carbons (Fsp3) is 0.211. The van der Waals surface area contributed by atoms with E-state index in [4.69, 9.17) is 4.74 Å². The third-order valence-corrected chi connectivity index (χ3v) is 3.99. The van der Waals surface area contributed by atoms with Gasteiger partial charge in [0.25, 0.3) is 0 Å². The van der Waals surface area contributed by atoms with Gasteiger partial charge >= 0.3 is 0 Å². The number of allylic oxidation sites excluding steroid dienone is 1. The van der Waals surface area contributed by atoms with Crippen LogP contribution in [0.2, 0.25) is 0 Å². The second kappa shape index (κ2) is 5.57. The number of benzene rings is 2. The molecule has 0 N–H and O–H groups in total. The highest BCUT2D eigenvalue weighted by Gasteiger charge is 2.40. The van der Waals surface area contributed by atoms with E-state index in [1.54, 1.807) is 0 Å². The molecule has 0 aromatic heterocycles. The molecule has 3 rings (SSSR count). The first-order valence-corrected chi connectivity index (χ1v) is 7.16. The lowest BCUT2D eigenvalue weighted by atomic mass is 9.75. The lowest BCUT2D eigenvalue weighted by Crippen LogP contribution is -2.39. The quantitative estimate of drug-likeness (QED) is 0.845. The smallest absolute Gasteiger partial charge is 0.162 e. The predicted octanol–water partition coefficient (Wildman–Crippen LogP) is 4.08. The summed E-state index contributed by atoms with van der Waals surface area (Å²) >= 11 is 0. The molecule has 2 aromatic carbocycles. The Hall–Kier alpha value is -2.35. The predicted molar refractivity (Wildman–Crippen MR) is 83.0 cm³/mol. The van der Waals surface area contributed by atoms with Crippen LogP contribution in [0.3, 0.4) is 0 Å². The number of hydrogen-bond donors (Lipinski definition) is 0. The molecule has 21 heavy (non-hydrogen) atoms. The van der Waals surface area contributed by atoms with E-state index in [1.165, 1.54) is 12.3 Å². The molecule has 0 bridgehead atoms. The van der Waals surface area contributed by atoms with Crippen LogP contribution in [-0.2, 0) is 9.53 Å². The molecule has 0 spiro atoms. The Morgan fingerprint density at radius 1 is 0.952 bits per heavy atom. The Labute approximate surface area is 125 Å². The van der Waals surface area contributed by atoms with Gasteiger partial charge in [-0.25, -0.2) is 0 Å². The summed E-state index contributed by atoms with van der Waals surface area (Å²) in [5.74, 6) is 0.134. The molecule has 0 saturated carbocycles. The highest BCUT2D eigenvalue weighted by molar-refractivity contribution is 5.91. The van der Waals surface area contributed by atoms with E-state index < -0.39 is 5.60 Å². The molecule has 0 saturated heterocycles. The van der Waals surface area contributed by atoms with Crippen molar-refractivity contribution in [3.63, 3.8) is 0 Å². The summed E-state index contributed by atoms with van der Waals surface area (Å²) in [7, 11) is 0. The largest absolute Gasteiger partial charge is 0.494 e. The van der Waals surface area contributed by atoms with Gasteiger partial charge < -0.3 is 4.74 Å². The first-order valence-electron chi connectivity index (χ1n) is 7.16. The summed E-state index contributed by atoms with van der Waals surface area (Å²) in [5.41, 5.74) is 1.76. The Morgan fingerprint density at radius 2 is 1.48 bits per heavy atom. The van der Waals surface area contributed by atoms with Gasteiger partial charge in [-0.3, -0.25) is 4.79 Å². The lowest BCUT2D eigenvalue weighted by Gasteiger charge is -2.38. The summed E-state index contributed by atoms with van der Waals surface area (Å²) in [5, 5.41) is 0. The molecule has 0 amide bonds. The fourth-order valence-corrected chi connectivity index (χ4v) is 3.07. The van der Waals surface area contributed by atoms with Gasteiger partial charge in [-0.05, 0) is 18.1 Å². The summed E-state index contributed by atoms with van der Waals surface area (Å²) in [6.45, 7) is 2.01. The van der Waals surface area contributed by atoms with E-state index in [0.29, 0.717) is 6.42 Å². The molecule has 1 heterocycles. The Bertz CT molecular complexity index is 606. The SMILES string of the molecule is CC1(C(c2ccccc2)c2ccccc2)CC(=O)C=CO1. The van der Waals surface area contributed by atoms with Gasteiger partial charge in [0, 0.05) is 12.0 Å². The summed E-state index contributed by atoms with van der Waals surface area (Å²) in [4.78, 5) is 11.9. The minimum Gasteiger partial charge on any atom is -0.494 e. The van der Waals surface area contributed by atoms with Crippen LogP contribution < -0.4 is 0 Å². The molecular weight excluding hydrogens is 260 g/mol. The second-order valence-corrected chi connectivity index (χ2v) is 5.63. The van der Waals surface area contributed by atoms with Gasteiger partial charge in [-0.15, -0.1) is 0 Å². The Morgan fingerprint density at radius 3 is 1.95 bits per heavy atom. The lowest BCUT2D eigenvalue weighted by molar-refractivity contribution is -0.122. The monoisotopic (exact) mass is 278 g/mol. The summed E-state index contributed by atoms with van der Waals surface area (Å²) in [6, 6.07) is 20.5. The van der Waals surface area contributed by atoms with Crippen molar-refractivity contribution in [3.05, 3.63) is 84.1 Å². The minimum atomic E-state index is -0.561. The molecule has 1 atom stereocenters. The molecule has 1 unspecified atom stereocenters. The van der Waals surface area contributed by atoms with E-state index >= 15 is 0 Å². The third kappa shape index (κ3) is 2.75. The minimum absolute atomic E-state index is 0.0220. The number of ether oxygens (including phenoxy) is 1. The van der Waals surface area contributed by atoms with Crippen LogP contribution in [0.5, 0.6) is 0 Å².